The van der Waals surface area contributed by atoms with Crippen LogP contribution in [0, 0.1) is 5.92 Å². The topological polar surface area (TPSA) is 59.0 Å². The first-order valence-electron chi connectivity index (χ1n) is 10.3. The van der Waals surface area contributed by atoms with Gasteiger partial charge in [0, 0.05) is 25.1 Å². The number of aromatic hydroxyl groups is 1. The van der Waals surface area contributed by atoms with Gasteiger partial charge in [-0.15, -0.1) is 0 Å². The van der Waals surface area contributed by atoms with Gasteiger partial charge < -0.3 is 19.5 Å². The third-order valence-corrected chi connectivity index (χ3v) is 6.02. The summed E-state index contributed by atoms with van der Waals surface area (Å²) in [6.07, 6.45) is 3.68. The van der Waals surface area contributed by atoms with Gasteiger partial charge in [-0.1, -0.05) is 18.2 Å². The van der Waals surface area contributed by atoms with Crippen LogP contribution in [-0.2, 0) is 12.8 Å². The Bertz CT molecular complexity index is 896. The SMILES string of the molecule is COc1ccc(CC2CCN(C(=O)c3ccc4c(c3O)OC(C)(C)C4)CC2)cc1. The number of piperidine rings is 1. The number of rotatable bonds is 4. The third kappa shape index (κ3) is 4.04. The van der Waals surface area contributed by atoms with E-state index in [9.17, 15) is 9.90 Å². The van der Waals surface area contributed by atoms with Crippen molar-refractivity contribution in [2.75, 3.05) is 20.2 Å². The lowest BCUT2D eigenvalue weighted by molar-refractivity contribution is 0.0685. The van der Waals surface area contributed by atoms with Crippen LogP contribution in [0.15, 0.2) is 36.4 Å². The van der Waals surface area contributed by atoms with E-state index < -0.39 is 0 Å². The molecule has 154 valence electrons. The molecular weight excluding hydrogens is 366 g/mol. The number of likely N-dealkylation sites (tertiary alicyclic amines) is 1. The fraction of sp³-hybridized carbons (Fsp3) is 0.458. The first-order chi connectivity index (χ1) is 13.9. The Morgan fingerprint density at radius 3 is 2.52 bits per heavy atom. The zero-order chi connectivity index (χ0) is 20.6. The fourth-order valence-electron chi connectivity index (χ4n) is 4.42. The fourth-order valence-corrected chi connectivity index (χ4v) is 4.42. The molecule has 4 rings (SSSR count). The summed E-state index contributed by atoms with van der Waals surface area (Å²) in [5.74, 6) is 1.77. The van der Waals surface area contributed by atoms with E-state index in [0.717, 1.165) is 37.0 Å². The molecule has 2 heterocycles. The second kappa shape index (κ2) is 7.62. The summed E-state index contributed by atoms with van der Waals surface area (Å²) >= 11 is 0. The van der Waals surface area contributed by atoms with Crippen molar-refractivity contribution in [3.8, 4) is 17.2 Å². The van der Waals surface area contributed by atoms with Crippen LogP contribution in [0.2, 0.25) is 0 Å². The molecule has 1 saturated heterocycles. The van der Waals surface area contributed by atoms with Crippen LogP contribution in [0.5, 0.6) is 17.2 Å². The largest absolute Gasteiger partial charge is 0.504 e. The monoisotopic (exact) mass is 395 g/mol. The van der Waals surface area contributed by atoms with Crippen LogP contribution < -0.4 is 9.47 Å². The summed E-state index contributed by atoms with van der Waals surface area (Å²) in [7, 11) is 1.67. The van der Waals surface area contributed by atoms with E-state index in [1.165, 1.54) is 5.56 Å². The molecule has 2 aliphatic heterocycles. The lowest BCUT2D eigenvalue weighted by Gasteiger charge is -2.32. The van der Waals surface area contributed by atoms with Crippen molar-refractivity contribution in [3.05, 3.63) is 53.1 Å². The maximum Gasteiger partial charge on any atom is 0.257 e. The van der Waals surface area contributed by atoms with Crippen molar-refractivity contribution in [3.63, 3.8) is 0 Å². The van der Waals surface area contributed by atoms with Crippen molar-refractivity contribution < 1.29 is 19.4 Å². The van der Waals surface area contributed by atoms with Gasteiger partial charge in [-0.3, -0.25) is 4.79 Å². The predicted octanol–water partition coefficient (Wildman–Crippen LogP) is 4.21. The van der Waals surface area contributed by atoms with Gasteiger partial charge in [-0.25, -0.2) is 0 Å². The number of amides is 1. The number of phenols is 1. The Morgan fingerprint density at radius 1 is 1.17 bits per heavy atom. The molecular formula is C24H29NO4. The van der Waals surface area contributed by atoms with Gasteiger partial charge >= 0.3 is 0 Å². The molecule has 0 aliphatic carbocycles. The second-order valence-corrected chi connectivity index (χ2v) is 8.78. The molecule has 2 aromatic rings. The minimum atomic E-state index is -0.346. The van der Waals surface area contributed by atoms with Gasteiger partial charge in [0.25, 0.3) is 5.91 Å². The molecule has 1 amide bonds. The van der Waals surface area contributed by atoms with Crippen LogP contribution in [-0.4, -0.2) is 41.7 Å². The van der Waals surface area contributed by atoms with Gasteiger partial charge in [-0.05, 0) is 62.8 Å². The molecule has 0 atom stereocenters. The number of hydrogen-bond donors (Lipinski definition) is 1. The predicted molar refractivity (Wildman–Crippen MR) is 112 cm³/mol. The molecule has 1 fully saturated rings. The van der Waals surface area contributed by atoms with E-state index >= 15 is 0 Å². The number of nitrogens with zero attached hydrogens (tertiary/aromatic N) is 1. The Hall–Kier alpha value is -2.69. The maximum atomic E-state index is 13.0. The molecule has 0 radical (unpaired) electrons. The molecule has 2 aromatic carbocycles. The number of benzene rings is 2. The zero-order valence-electron chi connectivity index (χ0n) is 17.4. The van der Waals surface area contributed by atoms with Crippen molar-refractivity contribution >= 4 is 5.91 Å². The van der Waals surface area contributed by atoms with E-state index in [0.29, 0.717) is 30.3 Å². The van der Waals surface area contributed by atoms with E-state index in [4.69, 9.17) is 9.47 Å². The third-order valence-electron chi connectivity index (χ3n) is 6.02. The van der Waals surface area contributed by atoms with Gasteiger partial charge in [-0.2, -0.15) is 0 Å². The normalized spacial score (nSPS) is 18.2. The number of carbonyl (C=O) groups is 1. The molecule has 5 heteroatoms. The van der Waals surface area contributed by atoms with Crippen molar-refractivity contribution in [2.24, 2.45) is 5.92 Å². The molecule has 0 aromatic heterocycles. The second-order valence-electron chi connectivity index (χ2n) is 8.78. The Morgan fingerprint density at radius 2 is 1.86 bits per heavy atom. The van der Waals surface area contributed by atoms with E-state index in [1.54, 1.807) is 13.2 Å². The number of carbonyl (C=O) groups excluding carboxylic acids is 1. The van der Waals surface area contributed by atoms with Gasteiger partial charge in [0.05, 0.1) is 12.7 Å². The lowest BCUT2D eigenvalue weighted by atomic mass is 9.90. The summed E-state index contributed by atoms with van der Waals surface area (Å²) in [5.41, 5.74) is 2.25. The van der Waals surface area contributed by atoms with Crippen molar-refractivity contribution in [1.82, 2.24) is 4.90 Å². The van der Waals surface area contributed by atoms with Crippen molar-refractivity contribution in [2.45, 2.75) is 45.1 Å². The summed E-state index contributed by atoms with van der Waals surface area (Å²) in [6.45, 7) is 5.40. The standard InChI is InChI=1S/C24H29NO4/c1-24(2)15-18-6-9-20(21(26)22(18)29-24)23(27)25-12-10-17(11-13-25)14-16-4-7-19(28-3)8-5-16/h4-9,17,26H,10-15H2,1-3H3. The Labute approximate surface area is 172 Å². The summed E-state index contributed by atoms with van der Waals surface area (Å²) < 4.78 is 11.1. The molecule has 5 nitrogen and oxygen atoms in total. The summed E-state index contributed by atoms with van der Waals surface area (Å²) in [5, 5.41) is 10.6. The van der Waals surface area contributed by atoms with E-state index in [2.05, 4.69) is 12.1 Å². The van der Waals surface area contributed by atoms with E-state index in [-0.39, 0.29) is 17.3 Å². The highest BCUT2D eigenvalue weighted by atomic mass is 16.5. The smallest absolute Gasteiger partial charge is 0.257 e. The molecule has 1 N–H and O–H groups in total. The van der Waals surface area contributed by atoms with Crippen molar-refractivity contribution in [1.29, 1.82) is 0 Å². The van der Waals surface area contributed by atoms with Crippen LogP contribution >= 0.6 is 0 Å². The number of methoxy groups -OCH3 is 1. The van der Waals surface area contributed by atoms with Crippen LogP contribution in [0.3, 0.4) is 0 Å². The Kier molecular flexibility index (Phi) is 5.15. The molecule has 0 bridgehead atoms. The Balaban J connectivity index is 1.38. The lowest BCUT2D eigenvalue weighted by Crippen LogP contribution is -2.39. The first-order valence-corrected chi connectivity index (χ1v) is 10.3. The average molecular weight is 395 g/mol. The molecule has 0 unspecified atom stereocenters. The van der Waals surface area contributed by atoms with Crippen LogP contribution in [0.25, 0.3) is 0 Å². The summed E-state index contributed by atoms with van der Waals surface area (Å²) in [6, 6.07) is 11.9. The maximum absolute atomic E-state index is 13.0. The van der Waals surface area contributed by atoms with Gasteiger partial charge in [0.1, 0.15) is 11.4 Å². The highest BCUT2D eigenvalue weighted by Gasteiger charge is 2.35. The highest BCUT2D eigenvalue weighted by molar-refractivity contribution is 5.98. The number of ether oxygens (including phenoxy) is 2. The minimum Gasteiger partial charge on any atom is -0.504 e. The van der Waals surface area contributed by atoms with Crippen LogP contribution in [0.1, 0.15) is 48.2 Å². The van der Waals surface area contributed by atoms with Gasteiger partial charge in [0.2, 0.25) is 0 Å². The summed E-state index contributed by atoms with van der Waals surface area (Å²) in [4.78, 5) is 14.9. The highest BCUT2D eigenvalue weighted by Crippen LogP contribution is 2.43. The van der Waals surface area contributed by atoms with E-state index in [1.807, 2.05) is 36.9 Å². The number of hydrogen-bond acceptors (Lipinski definition) is 4. The van der Waals surface area contributed by atoms with Gasteiger partial charge in [0.15, 0.2) is 11.5 Å². The molecule has 2 aliphatic rings. The average Bonchev–Trinajstić information content (AvgIpc) is 3.04. The quantitative estimate of drug-likeness (QED) is 0.843. The molecule has 0 spiro atoms. The van der Waals surface area contributed by atoms with Crippen LogP contribution in [0.4, 0.5) is 0 Å². The number of fused-ring (bicyclic) bond motifs is 1. The molecule has 29 heavy (non-hydrogen) atoms. The molecule has 0 saturated carbocycles. The first kappa shape index (κ1) is 19.6. The number of phenolic OH excluding ortho intramolecular Hbond substituents is 1. The zero-order valence-corrected chi connectivity index (χ0v) is 17.4. The minimum absolute atomic E-state index is 0.0153.